The van der Waals surface area contributed by atoms with Gasteiger partial charge in [-0.15, -0.1) is 0 Å². The third-order valence-corrected chi connectivity index (χ3v) is 2.58. The molecule has 4 heteroatoms. The van der Waals surface area contributed by atoms with Crippen LogP contribution in [0.3, 0.4) is 0 Å². The van der Waals surface area contributed by atoms with Crippen LogP contribution >= 0.6 is 0 Å². The largest absolute Gasteiger partial charge is 0.388 e. The van der Waals surface area contributed by atoms with Crippen molar-refractivity contribution >= 4 is 22.1 Å². The summed E-state index contributed by atoms with van der Waals surface area (Å²) in [6, 6.07) is 6.10. The van der Waals surface area contributed by atoms with Gasteiger partial charge < -0.3 is 10.6 Å². The molecule has 2 nitrogen and oxygen atoms in total. The summed E-state index contributed by atoms with van der Waals surface area (Å²) >= 11 is 0. The average molecular weight is 222 g/mol. The summed E-state index contributed by atoms with van der Waals surface area (Å²) in [5, 5.41) is 6.57. The van der Waals surface area contributed by atoms with E-state index in [1.54, 1.807) is 32.3 Å². The van der Waals surface area contributed by atoms with Crippen LogP contribution in [-0.4, -0.2) is 14.1 Å². The highest BCUT2D eigenvalue weighted by Gasteiger charge is 2.13. The summed E-state index contributed by atoms with van der Waals surface area (Å²) in [6.07, 6.45) is 0. The van der Waals surface area contributed by atoms with Gasteiger partial charge in [-0.1, -0.05) is 12.1 Å². The second-order valence-corrected chi connectivity index (χ2v) is 3.44. The van der Waals surface area contributed by atoms with Crippen LogP contribution in [0.2, 0.25) is 0 Å². The second kappa shape index (κ2) is 3.96. The summed E-state index contributed by atoms with van der Waals surface area (Å²) in [7, 11) is 3.32. The standard InChI is InChI=1S/C12H12F2N2/c1-15-10-5-3-4-7-11(10)8(13)6-9(14)12(7)16-2/h3-6,15-16H,1-2H3. The fourth-order valence-electron chi connectivity index (χ4n) is 1.86. The first-order valence-electron chi connectivity index (χ1n) is 4.95. The third kappa shape index (κ3) is 1.46. The van der Waals surface area contributed by atoms with Crippen LogP contribution in [0.15, 0.2) is 24.3 Å². The number of hydrogen-bond donors (Lipinski definition) is 2. The predicted molar refractivity (Wildman–Crippen MR) is 63.0 cm³/mol. The van der Waals surface area contributed by atoms with E-state index in [2.05, 4.69) is 10.6 Å². The molecular weight excluding hydrogens is 210 g/mol. The Hall–Kier alpha value is -1.84. The highest BCUT2D eigenvalue weighted by molar-refractivity contribution is 6.01. The monoisotopic (exact) mass is 222 g/mol. The number of fused-ring (bicyclic) bond motifs is 1. The van der Waals surface area contributed by atoms with Crippen molar-refractivity contribution in [2.75, 3.05) is 24.7 Å². The van der Waals surface area contributed by atoms with Crippen LogP contribution in [-0.2, 0) is 0 Å². The predicted octanol–water partition coefficient (Wildman–Crippen LogP) is 3.20. The molecule has 0 amide bonds. The van der Waals surface area contributed by atoms with Crippen molar-refractivity contribution in [1.82, 2.24) is 0 Å². The van der Waals surface area contributed by atoms with Crippen molar-refractivity contribution in [1.29, 1.82) is 0 Å². The van der Waals surface area contributed by atoms with Gasteiger partial charge >= 0.3 is 0 Å². The molecule has 0 aliphatic heterocycles. The normalized spacial score (nSPS) is 10.5. The number of hydrogen-bond acceptors (Lipinski definition) is 2. The summed E-state index contributed by atoms with van der Waals surface area (Å²) in [5.41, 5.74) is 0.958. The Balaban J connectivity index is 2.92. The molecule has 0 saturated heterocycles. The molecule has 0 fully saturated rings. The van der Waals surface area contributed by atoms with Crippen LogP contribution in [0.4, 0.5) is 20.2 Å². The Morgan fingerprint density at radius 1 is 1.00 bits per heavy atom. The zero-order valence-corrected chi connectivity index (χ0v) is 9.07. The van der Waals surface area contributed by atoms with Crippen LogP contribution in [0.5, 0.6) is 0 Å². The van der Waals surface area contributed by atoms with Gasteiger partial charge in [0.25, 0.3) is 0 Å². The molecule has 0 heterocycles. The van der Waals surface area contributed by atoms with Crippen LogP contribution in [0, 0.1) is 11.6 Å². The quantitative estimate of drug-likeness (QED) is 0.815. The van der Waals surface area contributed by atoms with Crippen molar-refractivity contribution in [2.45, 2.75) is 0 Å². The minimum Gasteiger partial charge on any atom is -0.388 e. The molecule has 2 aromatic carbocycles. The van der Waals surface area contributed by atoms with Crippen molar-refractivity contribution in [3.05, 3.63) is 35.9 Å². The van der Waals surface area contributed by atoms with Gasteiger partial charge in [0.2, 0.25) is 0 Å². The summed E-state index contributed by atoms with van der Waals surface area (Å²) < 4.78 is 27.2. The van der Waals surface area contributed by atoms with Crippen LogP contribution in [0.25, 0.3) is 10.8 Å². The first kappa shape index (κ1) is 10.7. The van der Waals surface area contributed by atoms with Gasteiger partial charge in [-0.2, -0.15) is 0 Å². The van der Waals surface area contributed by atoms with Gasteiger partial charge in [0.05, 0.1) is 5.69 Å². The van der Waals surface area contributed by atoms with Crippen LogP contribution in [0.1, 0.15) is 0 Å². The Morgan fingerprint density at radius 2 is 1.75 bits per heavy atom. The van der Waals surface area contributed by atoms with Gasteiger partial charge in [0, 0.05) is 36.6 Å². The Kier molecular flexibility index (Phi) is 2.64. The molecule has 0 saturated carbocycles. The molecule has 84 valence electrons. The number of rotatable bonds is 2. The van der Waals surface area contributed by atoms with Gasteiger partial charge in [-0.05, 0) is 6.07 Å². The summed E-state index contributed by atoms with van der Waals surface area (Å²) in [5.74, 6) is -1.14. The minimum absolute atomic E-state index is 0.313. The first-order valence-corrected chi connectivity index (χ1v) is 4.95. The molecule has 0 spiro atoms. The zero-order chi connectivity index (χ0) is 11.7. The average Bonchev–Trinajstić information content (AvgIpc) is 2.28. The fourth-order valence-corrected chi connectivity index (χ4v) is 1.86. The van der Waals surface area contributed by atoms with Gasteiger partial charge in [-0.3, -0.25) is 0 Å². The Morgan fingerprint density at radius 3 is 2.38 bits per heavy atom. The maximum atomic E-state index is 13.7. The van der Waals surface area contributed by atoms with E-state index in [4.69, 9.17) is 0 Å². The minimum atomic E-state index is -0.583. The molecule has 16 heavy (non-hydrogen) atoms. The molecular formula is C12H12F2N2. The van der Waals surface area contributed by atoms with Crippen molar-refractivity contribution in [3.8, 4) is 0 Å². The highest BCUT2D eigenvalue weighted by Crippen LogP contribution is 2.33. The van der Waals surface area contributed by atoms with Gasteiger partial charge in [-0.25, -0.2) is 8.78 Å². The lowest BCUT2D eigenvalue weighted by Gasteiger charge is -2.11. The van der Waals surface area contributed by atoms with Crippen LogP contribution < -0.4 is 10.6 Å². The van der Waals surface area contributed by atoms with Crippen molar-refractivity contribution in [3.63, 3.8) is 0 Å². The molecule has 2 aromatic rings. The van der Waals surface area contributed by atoms with Crippen molar-refractivity contribution < 1.29 is 8.78 Å². The molecule has 0 aromatic heterocycles. The maximum absolute atomic E-state index is 13.7. The molecule has 2 rings (SSSR count). The zero-order valence-electron chi connectivity index (χ0n) is 9.07. The third-order valence-electron chi connectivity index (χ3n) is 2.58. The van der Waals surface area contributed by atoms with E-state index < -0.39 is 11.6 Å². The SMILES string of the molecule is CNc1c(F)cc(F)c2c(NC)cccc12. The van der Waals surface area contributed by atoms with E-state index in [1.165, 1.54) is 0 Å². The topological polar surface area (TPSA) is 24.1 Å². The molecule has 0 bridgehead atoms. The number of halogens is 2. The number of benzene rings is 2. The molecule has 0 unspecified atom stereocenters. The van der Waals surface area contributed by atoms with E-state index in [-0.39, 0.29) is 0 Å². The Labute approximate surface area is 92.3 Å². The van der Waals surface area contributed by atoms with Gasteiger partial charge in [0.1, 0.15) is 11.6 Å². The lowest BCUT2D eigenvalue weighted by Crippen LogP contribution is -1.98. The number of anilines is 2. The van der Waals surface area contributed by atoms with E-state index in [1.807, 2.05) is 0 Å². The summed E-state index contributed by atoms with van der Waals surface area (Å²) in [4.78, 5) is 0. The molecule has 0 radical (unpaired) electrons. The number of nitrogens with one attached hydrogen (secondary N) is 2. The lowest BCUT2D eigenvalue weighted by atomic mass is 10.1. The van der Waals surface area contributed by atoms with Gasteiger partial charge in [0.15, 0.2) is 0 Å². The van der Waals surface area contributed by atoms with E-state index >= 15 is 0 Å². The second-order valence-electron chi connectivity index (χ2n) is 3.44. The fraction of sp³-hybridized carbons (Fsp3) is 0.167. The van der Waals surface area contributed by atoms with E-state index in [0.29, 0.717) is 22.1 Å². The summed E-state index contributed by atoms with van der Waals surface area (Å²) in [6.45, 7) is 0. The highest BCUT2D eigenvalue weighted by atomic mass is 19.1. The van der Waals surface area contributed by atoms with E-state index in [0.717, 1.165) is 6.07 Å². The molecule has 0 atom stereocenters. The molecule has 0 aliphatic carbocycles. The smallest absolute Gasteiger partial charge is 0.149 e. The molecule has 0 aliphatic rings. The van der Waals surface area contributed by atoms with Crippen molar-refractivity contribution in [2.24, 2.45) is 0 Å². The Bertz CT molecular complexity index is 538. The first-order chi connectivity index (χ1) is 7.69. The maximum Gasteiger partial charge on any atom is 0.149 e. The van der Waals surface area contributed by atoms with E-state index in [9.17, 15) is 8.78 Å². The lowest BCUT2D eigenvalue weighted by molar-refractivity contribution is 0.594. The molecule has 2 N–H and O–H groups in total.